The van der Waals surface area contributed by atoms with E-state index in [9.17, 15) is 0 Å². The van der Waals surface area contributed by atoms with Gasteiger partial charge in [-0.2, -0.15) is 0 Å². The van der Waals surface area contributed by atoms with Crippen molar-refractivity contribution in [1.82, 2.24) is 0 Å². The summed E-state index contributed by atoms with van der Waals surface area (Å²) in [5.74, 6) is 0. The summed E-state index contributed by atoms with van der Waals surface area (Å²) in [6.45, 7) is 22.8. The molecule has 0 N–H and O–H groups in total. The van der Waals surface area contributed by atoms with Gasteiger partial charge in [0.15, 0.2) is 0 Å². The van der Waals surface area contributed by atoms with Gasteiger partial charge in [-0.25, -0.2) is 0 Å². The summed E-state index contributed by atoms with van der Waals surface area (Å²) in [5, 5.41) is -3.25. The summed E-state index contributed by atoms with van der Waals surface area (Å²) in [4.78, 5) is 0. The van der Waals surface area contributed by atoms with Crippen molar-refractivity contribution in [2.45, 2.75) is 0 Å². The van der Waals surface area contributed by atoms with Gasteiger partial charge in [-0.3, -0.25) is 0 Å². The third kappa shape index (κ3) is 2.93. The van der Waals surface area contributed by atoms with E-state index in [1.165, 1.54) is 0 Å². The minimum absolute atomic E-state index is 1.08. The van der Waals surface area contributed by atoms with Crippen LogP contribution in [-0.4, -0.2) is 60.0 Å². The monoisotopic (exact) mass is 450 g/mol. The SMILES string of the molecule is C[PH](C)(C)[W]([Cl])([PH](C)(C)C)[PH](C)(C)C. The van der Waals surface area contributed by atoms with Gasteiger partial charge >= 0.3 is 99.0 Å². The molecule has 0 saturated heterocycles. The summed E-state index contributed by atoms with van der Waals surface area (Å²) in [6, 6.07) is 0. The third-order valence-electron chi connectivity index (χ3n) is 2.53. The fraction of sp³-hybridized carbons (Fsp3) is 1.00. The van der Waals surface area contributed by atoms with Crippen molar-refractivity contribution in [2.24, 2.45) is 0 Å². The Hall–Kier alpha value is 2.27. The summed E-state index contributed by atoms with van der Waals surface area (Å²) in [5.41, 5.74) is 0. The molecule has 0 unspecified atom stereocenters. The van der Waals surface area contributed by atoms with Gasteiger partial charge in [-0.05, 0) is 0 Å². The molecule has 0 radical (unpaired) electrons. The zero-order chi connectivity index (χ0) is 12.0. The normalized spacial score (nSPS) is 25.0. The van der Waals surface area contributed by atoms with E-state index >= 15 is 0 Å². The predicted octanol–water partition coefficient (Wildman–Crippen LogP) is 3.96. The molecule has 94 valence electrons. The summed E-state index contributed by atoms with van der Waals surface area (Å²) >= 11 is -2.30. The number of rotatable bonds is 3. The maximum absolute atomic E-state index is 7.36. The van der Waals surface area contributed by atoms with Crippen LogP contribution in [0.2, 0.25) is 0 Å². The molecule has 0 heterocycles. The fourth-order valence-corrected chi connectivity index (χ4v) is 203. The Kier molecular flexibility index (Phi) is 5.23. The van der Waals surface area contributed by atoms with E-state index in [1.807, 2.05) is 0 Å². The summed E-state index contributed by atoms with van der Waals surface area (Å²) in [7, 11) is 7.36. The average molecular weight is 451 g/mol. The molecule has 0 aromatic heterocycles. The van der Waals surface area contributed by atoms with E-state index in [4.69, 9.17) is 9.42 Å². The van der Waals surface area contributed by atoms with Crippen LogP contribution in [0.1, 0.15) is 0 Å². The Morgan fingerprint density at radius 3 is 0.714 bits per heavy atom. The Bertz CT molecular complexity index is 174. The van der Waals surface area contributed by atoms with Crippen molar-refractivity contribution in [2.75, 3.05) is 60.0 Å². The van der Waals surface area contributed by atoms with Crippen LogP contribution >= 0.6 is 25.5 Å². The van der Waals surface area contributed by atoms with Crippen LogP contribution in [0.3, 0.4) is 0 Å². The Morgan fingerprint density at radius 2 is 0.714 bits per heavy atom. The standard InChI is InChI=1S/3C3H9P.ClH.W/c3*1-4(2)3;;/h3*1-3H3;1H;/q;;;;-2/p+2. The first-order valence-corrected chi connectivity index (χ1v) is 32.3. The number of hydrogen-bond acceptors (Lipinski definition) is 0. The van der Waals surface area contributed by atoms with E-state index in [0.29, 0.717) is 0 Å². The molecule has 0 aromatic carbocycles. The molecular formula is C9H30ClP3W. The first-order chi connectivity index (χ1) is 5.75. The molecule has 0 saturated carbocycles. The third-order valence-corrected chi connectivity index (χ3v) is 186. The van der Waals surface area contributed by atoms with Crippen molar-refractivity contribution in [3.8, 4) is 0 Å². The average Bonchev–Trinajstić information content (AvgIpc) is 1.77. The molecule has 5 heteroatoms. The van der Waals surface area contributed by atoms with Crippen LogP contribution in [0.15, 0.2) is 0 Å². The van der Waals surface area contributed by atoms with Gasteiger partial charge in [0.2, 0.25) is 0 Å². The minimum atomic E-state index is -2.30. The summed E-state index contributed by atoms with van der Waals surface area (Å²) < 4.78 is 0. The molecule has 0 aliphatic carbocycles. The predicted molar refractivity (Wildman–Crippen MR) is 84.1 cm³/mol. The number of halogens is 1. The summed E-state index contributed by atoms with van der Waals surface area (Å²) in [6.07, 6.45) is 0. The maximum atomic E-state index is 7.36. The van der Waals surface area contributed by atoms with Crippen LogP contribution in [-0.2, 0) is 13.5 Å². The molecule has 0 fully saturated rings. The second-order valence-corrected chi connectivity index (χ2v) is 98.2. The van der Waals surface area contributed by atoms with E-state index in [-0.39, 0.29) is 0 Å². The van der Waals surface area contributed by atoms with Crippen molar-refractivity contribution in [1.29, 1.82) is 0 Å². The van der Waals surface area contributed by atoms with Crippen LogP contribution < -0.4 is 0 Å². The Labute approximate surface area is 98.5 Å². The molecule has 0 spiro atoms. The fourth-order valence-electron chi connectivity index (χ4n) is 2.76. The molecule has 0 aliphatic heterocycles. The van der Waals surface area contributed by atoms with Gasteiger partial charge in [0.05, 0.1) is 0 Å². The van der Waals surface area contributed by atoms with E-state index < -0.39 is 29.6 Å². The van der Waals surface area contributed by atoms with Crippen LogP contribution in [0.25, 0.3) is 0 Å². The second-order valence-electron chi connectivity index (χ2n) is 6.87. The topological polar surface area (TPSA) is 0 Å². The Morgan fingerprint density at radius 1 is 0.571 bits per heavy atom. The molecule has 0 amide bonds. The number of hydrogen-bond donors (Lipinski definition) is 0. The van der Waals surface area contributed by atoms with Crippen LogP contribution in [0.4, 0.5) is 0 Å². The van der Waals surface area contributed by atoms with Gasteiger partial charge in [-0.15, -0.1) is 0 Å². The van der Waals surface area contributed by atoms with Crippen LogP contribution in [0, 0.1) is 0 Å². The van der Waals surface area contributed by atoms with Gasteiger partial charge < -0.3 is 0 Å². The van der Waals surface area contributed by atoms with Gasteiger partial charge in [0.1, 0.15) is 0 Å². The molecule has 0 rings (SSSR count). The van der Waals surface area contributed by atoms with E-state index in [0.717, 1.165) is 0 Å². The van der Waals surface area contributed by atoms with E-state index in [2.05, 4.69) is 60.0 Å². The molecule has 0 aliphatic rings. The van der Waals surface area contributed by atoms with Crippen molar-refractivity contribution >= 4 is 25.5 Å². The van der Waals surface area contributed by atoms with Crippen molar-refractivity contribution in [3.63, 3.8) is 0 Å². The van der Waals surface area contributed by atoms with Gasteiger partial charge in [0.25, 0.3) is 0 Å². The molecule has 0 bridgehead atoms. The first kappa shape index (κ1) is 16.3. The molecule has 0 nitrogen and oxygen atoms in total. The van der Waals surface area contributed by atoms with Crippen LogP contribution in [0.5, 0.6) is 0 Å². The molecular weight excluding hydrogens is 420 g/mol. The molecule has 0 aromatic rings. The first-order valence-electron chi connectivity index (χ1n) is 5.27. The van der Waals surface area contributed by atoms with E-state index in [1.54, 1.807) is 0 Å². The van der Waals surface area contributed by atoms with Gasteiger partial charge in [0, 0.05) is 0 Å². The Balaban J connectivity index is 5.54. The quantitative estimate of drug-likeness (QED) is 0.571. The molecule has 0 atom stereocenters. The van der Waals surface area contributed by atoms with Crippen molar-refractivity contribution < 1.29 is 13.5 Å². The zero-order valence-corrected chi connectivity index (χ0v) is 18.0. The zero-order valence-electron chi connectivity index (χ0n) is 11.3. The molecule has 14 heavy (non-hydrogen) atoms. The second kappa shape index (κ2) is 4.50. The van der Waals surface area contributed by atoms with Gasteiger partial charge in [-0.1, -0.05) is 0 Å². The van der Waals surface area contributed by atoms with Crippen molar-refractivity contribution in [3.05, 3.63) is 0 Å².